The molecule has 0 saturated heterocycles. The van der Waals surface area contributed by atoms with E-state index in [9.17, 15) is 27.6 Å². The van der Waals surface area contributed by atoms with E-state index >= 15 is 0 Å². The van der Waals surface area contributed by atoms with Crippen molar-refractivity contribution in [1.82, 2.24) is 5.32 Å². The van der Waals surface area contributed by atoms with Gasteiger partial charge in [0, 0.05) is 12.1 Å². The summed E-state index contributed by atoms with van der Waals surface area (Å²) in [5.41, 5.74) is 7.90. The van der Waals surface area contributed by atoms with Crippen LogP contribution in [0.15, 0.2) is 48.5 Å². The second kappa shape index (κ2) is 10.9. The van der Waals surface area contributed by atoms with Crippen LogP contribution in [-0.4, -0.2) is 40.0 Å². The third-order valence-corrected chi connectivity index (χ3v) is 3.91. The van der Waals surface area contributed by atoms with Crippen molar-refractivity contribution in [3.8, 4) is 0 Å². The van der Waals surface area contributed by atoms with Crippen LogP contribution < -0.4 is 11.1 Å². The van der Waals surface area contributed by atoms with Crippen LogP contribution in [0.4, 0.5) is 13.2 Å². The molecule has 0 fully saturated rings. The maximum absolute atomic E-state index is 12.3. The molecule has 8 nitrogen and oxygen atoms in total. The molecule has 2 aromatic rings. The van der Waals surface area contributed by atoms with Crippen LogP contribution in [0, 0.1) is 6.92 Å². The first-order chi connectivity index (χ1) is 14.4. The van der Waals surface area contributed by atoms with Crippen LogP contribution >= 0.6 is 0 Å². The van der Waals surface area contributed by atoms with E-state index in [0.29, 0.717) is 23.2 Å². The number of nitrogens with two attached hydrogens (primary N) is 1. The lowest BCUT2D eigenvalue weighted by molar-refractivity contribution is -0.192. The second-order valence-electron chi connectivity index (χ2n) is 6.14. The molecule has 11 heteroatoms. The zero-order valence-corrected chi connectivity index (χ0v) is 16.1. The number of hydrogen-bond acceptors (Lipinski definition) is 5. The summed E-state index contributed by atoms with van der Waals surface area (Å²) in [6, 6.07) is 12.1. The SMILES string of the molecule is Cc1cc(CN)ccc1C(NC(=O)c1ccccc1)C(=O)C(=O)O.O=C(O)C(F)(F)F. The Labute approximate surface area is 174 Å². The first-order valence-corrected chi connectivity index (χ1v) is 8.61. The topological polar surface area (TPSA) is 147 Å². The van der Waals surface area contributed by atoms with E-state index in [0.717, 1.165) is 5.56 Å². The Morgan fingerprint density at radius 3 is 2.00 bits per heavy atom. The molecular formula is C20H19F3N2O6. The van der Waals surface area contributed by atoms with Crippen molar-refractivity contribution >= 4 is 23.6 Å². The van der Waals surface area contributed by atoms with Crippen LogP contribution in [0.5, 0.6) is 0 Å². The lowest BCUT2D eigenvalue weighted by Crippen LogP contribution is -2.37. The Morgan fingerprint density at radius 2 is 1.58 bits per heavy atom. The summed E-state index contributed by atoms with van der Waals surface area (Å²) in [6.07, 6.45) is -5.08. The molecule has 1 unspecified atom stereocenters. The molecule has 0 aromatic heterocycles. The highest BCUT2D eigenvalue weighted by molar-refractivity contribution is 6.35. The fraction of sp³-hybridized carbons (Fsp3) is 0.200. The van der Waals surface area contributed by atoms with Gasteiger partial charge in [-0.3, -0.25) is 9.59 Å². The molecule has 0 heterocycles. The number of carboxylic acids is 2. The minimum Gasteiger partial charge on any atom is -0.475 e. The molecule has 31 heavy (non-hydrogen) atoms. The van der Waals surface area contributed by atoms with Gasteiger partial charge in [0.2, 0.25) is 0 Å². The van der Waals surface area contributed by atoms with E-state index in [2.05, 4.69) is 5.32 Å². The standard InChI is InChI=1S/C18H18N2O4.C2HF3O2/c1-11-9-12(10-19)7-8-14(11)15(16(21)18(23)24)20-17(22)13-5-3-2-4-6-13;3-2(4,5)1(6)7/h2-9,15H,10,19H2,1H3,(H,20,22)(H,23,24);(H,6,7). The summed E-state index contributed by atoms with van der Waals surface area (Å²) in [4.78, 5) is 44.4. The number of alkyl halides is 3. The lowest BCUT2D eigenvalue weighted by Gasteiger charge is -2.19. The van der Waals surface area contributed by atoms with E-state index in [1.54, 1.807) is 55.5 Å². The average molecular weight is 440 g/mol. The van der Waals surface area contributed by atoms with Crippen LogP contribution in [0.2, 0.25) is 0 Å². The average Bonchev–Trinajstić information content (AvgIpc) is 2.71. The highest BCUT2D eigenvalue weighted by atomic mass is 19.4. The van der Waals surface area contributed by atoms with Gasteiger partial charge in [0.1, 0.15) is 6.04 Å². The molecule has 1 atom stereocenters. The maximum Gasteiger partial charge on any atom is 0.490 e. The molecule has 0 aliphatic carbocycles. The number of ketones is 1. The van der Waals surface area contributed by atoms with Crippen LogP contribution in [0.3, 0.4) is 0 Å². The van der Waals surface area contributed by atoms with Crippen molar-refractivity contribution in [2.24, 2.45) is 5.73 Å². The van der Waals surface area contributed by atoms with Gasteiger partial charge >= 0.3 is 18.1 Å². The zero-order chi connectivity index (χ0) is 23.8. The summed E-state index contributed by atoms with van der Waals surface area (Å²) >= 11 is 0. The number of aliphatic carboxylic acids is 2. The molecule has 0 bridgehead atoms. The Hall–Kier alpha value is -3.73. The van der Waals surface area contributed by atoms with Crippen LogP contribution in [-0.2, 0) is 20.9 Å². The third kappa shape index (κ3) is 7.55. The molecule has 5 N–H and O–H groups in total. The van der Waals surface area contributed by atoms with Gasteiger partial charge in [-0.05, 0) is 35.7 Å². The smallest absolute Gasteiger partial charge is 0.475 e. The van der Waals surface area contributed by atoms with Crippen LogP contribution in [0.25, 0.3) is 0 Å². The predicted molar refractivity (Wildman–Crippen MR) is 102 cm³/mol. The summed E-state index contributed by atoms with van der Waals surface area (Å²) in [5, 5.41) is 18.7. The van der Waals surface area contributed by atoms with E-state index in [4.69, 9.17) is 20.7 Å². The molecule has 0 saturated carbocycles. The van der Waals surface area contributed by atoms with Crippen molar-refractivity contribution in [3.63, 3.8) is 0 Å². The third-order valence-electron chi connectivity index (χ3n) is 3.91. The molecule has 0 aliphatic heterocycles. The normalized spacial score (nSPS) is 11.5. The monoisotopic (exact) mass is 440 g/mol. The number of Topliss-reactive ketones (excluding diaryl/α,β-unsaturated/α-hetero) is 1. The summed E-state index contributed by atoms with van der Waals surface area (Å²) in [7, 11) is 0. The van der Waals surface area contributed by atoms with Gasteiger partial charge in [0.25, 0.3) is 11.7 Å². The van der Waals surface area contributed by atoms with Gasteiger partial charge in [0.05, 0.1) is 0 Å². The molecule has 2 rings (SSSR count). The summed E-state index contributed by atoms with van der Waals surface area (Å²) in [5.74, 6) is -5.97. The molecule has 0 spiro atoms. The predicted octanol–water partition coefficient (Wildman–Crippen LogP) is 2.21. The molecular weight excluding hydrogens is 421 g/mol. The molecule has 166 valence electrons. The van der Waals surface area contributed by atoms with Crippen molar-refractivity contribution in [2.45, 2.75) is 25.7 Å². The number of carbonyl (C=O) groups excluding carboxylic acids is 2. The number of hydrogen-bond donors (Lipinski definition) is 4. The maximum atomic E-state index is 12.3. The number of amides is 1. The number of nitrogens with one attached hydrogen (secondary N) is 1. The number of benzene rings is 2. The number of halogens is 3. The Bertz CT molecular complexity index is 961. The van der Waals surface area contributed by atoms with Crippen LogP contribution in [0.1, 0.15) is 33.1 Å². The Morgan fingerprint density at radius 1 is 1.03 bits per heavy atom. The number of carboxylic acid groups (broad SMARTS) is 2. The van der Waals surface area contributed by atoms with Gasteiger partial charge in [-0.25, -0.2) is 9.59 Å². The highest BCUT2D eigenvalue weighted by Gasteiger charge is 2.38. The second-order valence-corrected chi connectivity index (χ2v) is 6.14. The highest BCUT2D eigenvalue weighted by Crippen LogP contribution is 2.21. The summed E-state index contributed by atoms with van der Waals surface area (Å²) < 4.78 is 31.7. The minimum atomic E-state index is -5.08. The fourth-order valence-corrected chi connectivity index (χ4v) is 2.40. The largest absolute Gasteiger partial charge is 0.490 e. The Kier molecular flexibility index (Phi) is 8.88. The number of rotatable bonds is 6. The number of carbonyl (C=O) groups is 4. The van der Waals surface area contributed by atoms with E-state index in [1.807, 2.05) is 0 Å². The van der Waals surface area contributed by atoms with Crippen molar-refractivity contribution in [3.05, 3.63) is 70.8 Å². The van der Waals surface area contributed by atoms with E-state index < -0.39 is 35.8 Å². The Balaban J connectivity index is 0.000000592. The van der Waals surface area contributed by atoms with Crippen molar-refractivity contribution in [2.75, 3.05) is 0 Å². The van der Waals surface area contributed by atoms with Gasteiger partial charge in [-0.2, -0.15) is 13.2 Å². The lowest BCUT2D eigenvalue weighted by atomic mass is 9.95. The number of aryl methyl sites for hydroxylation is 1. The quantitative estimate of drug-likeness (QED) is 0.504. The zero-order valence-electron chi connectivity index (χ0n) is 16.1. The molecule has 2 aromatic carbocycles. The van der Waals surface area contributed by atoms with Gasteiger partial charge in [0.15, 0.2) is 0 Å². The first kappa shape index (κ1) is 25.3. The van der Waals surface area contributed by atoms with Gasteiger partial charge in [-0.15, -0.1) is 0 Å². The summed E-state index contributed by atoms with van der Waals surface area (Å²) in [6.45, 7) is 2.07. The van der Waals surface area contributed by atoms with Gasteiger partial charge < -0.3 is 21.3 Å². The first-order valence-electron chi connectivity index (χ1n) is 8.61. The molecule has 1 amide bonds. The van der Waals surface area contributed by atoms with Crippen molar-refractivity contribution < 1.29 is 42.6 Å². The minimum absolute atomic E-state index is 0.328. The molecule has 0 radical (unpaired) electrons. The molecule has 0 aliphatic rings. The van der Waals surface area contributed by atoms with Crippen molar-refractivity contribution in [1.29, 1.82) is 0 Å². The van der Waals surface area contributed by atoms with E-state index in [1.165, 1.54) is 0 Å². The van der Waals surface area contributed by atoms with E-state index in [-0.39, 0.29) is 0 Å². The fourth-order valence-electron chi connectivity index (χ4n) is 2.40. The van der Waals surface area contributed by atoms with Gasteiger partial charge in [-0.1, -0.05) is 36.4 Å².